The SMILES string of the molecule is COC1C2CCCCC2C(OC)C2C3NC(NC4NC(NC5NC(NC6NC(N3)C3C(OC)C7CCCCC7C(OC)C63)C3C(OC)C6CC7CCCCC7CC6C(OC)C53)C3C(OC)C5CCCCC5C(OC)C43)C12. The van der Waals surface area contributed by atoms with Gasteiger partial charge in [-0.2, -0.15) is 0 Å². The molecule has 430 valence electrons. The number of nitrogens with one attached hydrogen (secondary N) is 8. The molecule has 0 aromatic heterocycles. The summed E-state index contributed by atoms with van der Waals surface area (Å²) in [4.78, 5) is 0. The third-order valence-corrected chi connectivity index (χ3v) is 25.7. The van der Waals surface area contributed by atoms with Gasteiger partial charge >= 0.3 is 0 Å². The standard InChI is InChI=1S/C60H102N8O8/c1-69-45-29-19-11-12-20-30(29)46(70-2)38-37(45)53-61-54(38)63-56-40-42(50(74-6)34-24-16-14-22-32(34)48(40)72-4)58(65-56)67-60-44-43(51(75-7)35-25-27-17-9-10-18-28(27)26-36(35)52(44)76-8)59(68-60)66-57-41-39(55(62-53)64-57)47(71-3)31-21-13-15-23-33(31)49(41)73-5/h27-68H,9-26H2,1-8H3. The molecule has 0 aromatic carbocycles. The maximum atomic E-state index is 7.05. The van der Waals surface area contributed by atoms with Crippen LogP contribution in [0.4, 0.5) is 0 Å². The van der Waals surface area contributed by atoms with E-state index in [-0.39, 0.29) is 146 Å². The molecule has 9 aliphatic carbocycles. The molecule has 5 aliphatic heterocycles. The Morgan fingerprint density at radius 3 is 0.539 bits per heavy atom. The lowest BCUT2D eigenvalue weighted by Gasteiger charge is -2.56. The Morgan fingerprint density at radius 1 is 0.211 bits per heavy atom. The topological polar surface area (TPSA) is 170 Å². The molecular weight excluding hydrogens is 961 g/mol. The van der Waals surface area contributed by atoms with Gasteiger partial charge < -0.3 is 37.9 Å². The molecule has 16 heteroatoms. The second kappa shape index (κ2) is 21.8. The van der Waals surface area contributed by atoms with Gasteiger partial charge in [0.1, 0.15) is 0 Å². The summed E-state index contributed by atoms with van der Waals surface area (Å²) in [6, 6.07) is 0. The minimum atomic E-state index is -0.0621. The Labute approximate surface area is 455 Å². The first kappa shape index (κ1) is 53.4. The molecule has 0 spiro atoms. The van der Waals surface area contributed by atoms with Gasteiger partial charge in [-0.25, -0.2) is 0 Å². The Morgan fingerprint density at radius 2 is 0.368 bits per heavy atom. The van der Waals surface area contributed by atoms with Crippen molar-refractivity contribution in [2.24, 2.45) is 107 Å². The first-order valence-electron chi connectivity index (χ1n) is 31.7. The van der Waals surface area contributed by atoms with Crippen LogP contribution in [0, 0.1) is 107 Å². The molecule has 34 unspecified atom stereocenters. The third-order valence-electron chi connectivity index (χ3n) is 25.7. The number of methoxy groups -OCH3 is 8. The molecule has 0 radical (unpaired) electrons. The third kappa shape index (κ3) is 8.28. The van der Waals surface area contributed by atoms with Crippen molar-refractivity contribution in [2.45, 2.75) is 214 Å². The van der Waals surface area contributed by atoms with E-state index < -0.39 is 0 Å². The summed E-state index contributed by atoms with van der Waals surface area (Å²) < 4.78 is 55.6. The van der Waals surface area contributed by atoms with Crippen LogP contribution in [0.25, 0.3) is 0 Å². The number of hydrogen-bond donors (Lipinski definition) is 8. The fraction of sp³-hybridized carbons (Fsp3) is 1.00. The van der Waals surface area contributed by atoms with Crippen LogP contribution in [0.1, 0.15) is 116 Å². The summed E-state index contributed by atoms with van der Waals surface area (Å²) >= 11 is 0. The zero-order valence-corrected chi connectivity index (χ0v) is 47.6. The molecule has 5 saturated heterocycles. The van der Waals surface area contributed by atoms with E-state index in [1.807, 2.05) is 56.9 Å². The van der Waals surface area contributed by atoms with Crippen LogP contribution >= 0.6 is 0 Å². The summed E-state index contributed by atoms with van der Waals surface area (Å²) in [6.45, 7) is 0. The predicted molar refractivity (Wildman–Crippen MR) is 288 cm³/mol. The summed E-state index contributed by atoms with van der Waals surface area (Å²) in [5, 5.41) is 35.6. The van der Waals surface area contributed by atoms with Crippen molar-refractivity contribution in [1.82, 2.24) is 42.5 Å². The summed E-state index contributed by atoms with van der Waals surface area (Å²) in [5.41, 5.74) is 0. The van der Waals surface area contributed by atoms with Gasteiger partial charge in [0.05, 0.1) is 98.2 Å². The zero-order valence-electron chi connectivity index (χ0n) is 47.6. The van der Waals surface area contributed by atoms with E-state index in [0.717, 1.165) is 11.8 Å². The van der Waals surface area contributed by atoms with Crippen LogP contribution in [-0.2, 0) is 37.9 Å². The number of hydrogen-bond acceptors (Lipinski definition) is 16. The second-order valence-electron chi connectivity index (χ2n) is 27.8. The van der Waals surface area contributed by atoms with Crippen molar-refractivity contribution < 1.29 is 37.9 Å². The van der Waals surface area contributed by atoms with E-state index in [0.29, 0.717) is 47.3 Å². The second-order valence-corrected chi connectivity index (χ2v) is 27.8. The average Bonchev–Trinajstić information content (AvgIpc) is 4.31. The molecule has 5 heterocycles. The first-order valence-corrected chi connectivity index (χ1v) is 31.7. The van der Waals surface area contributed by atoms with Crippen molar-refractivity contribution in [3.63, 3.8) is 0 Å². The minimum Gasteiger partial charge on any atom is -0.381 e. The fourth-order valence-corrected chi connectivity index (χ4v) is 23.4. The lowest BCUT2D eigenvalue weighted by Crippen LogP contribution is -2.63. The van der Waals surface area contributed by atoms with Crippen molar-refractivity contribution in [1.29, 1.82) is 0 Å². The van der Waals surface area contributed by atoms with Gasteiger partial charge in [0.2, 0.25) is 0 Å². The van der Waals surface area contributed by atoms with Crippen LogP contribution in [-0.4, -0.2) is 155 Å². The molecular formula is C60H102N8O8. The fourth-order valence-electron chi connectivity index (χ4n) is 23.4. The maximum Gasteiger partial charge on any atom is 0.0663 e. The molecule has 9 saturated carbocycles. The Balaban J connectivity index is 0.915. The molecule has 0 aromatic rings. The van der Waals surface area contributed by atoms with Crippen LogP contribution < -0.4 is 42.5 Å². The predicted octanol–water partition coefficient (Wildman–Crippen LogP) is 4.74. The Kier molecular flexibility index (Phi) is 15.3. The molecule has 0 amide bonds. The number of ether oxygens (including phenoxy) is 8. The van der Waals surface area contributed by atoms with E-state index in [4.69, 9.17) is 37.9 Å². The van der Waals surface area contributed by atoms with Crippen molar-refractivity contribution in [2.75, 3.05) is 56.9 Å². The molecule has 34 atom stereocenters. The summed E-state index contributed by atoms with van der Waals surface area (Å²) in [7, 11) is 16.0. The molecule has 8 N–H and O–H groups in total. The quantitative estimate of drug-likeness (QED) is 0.168. The average molecular weight is 1060 g/mol. The van der Waals surface area contributed by atoms with E-state index in [1.54, 1.807) is 0 Å². The monoisotopic (exact) mass is 1060 g/mol. The minimum absolute atomic E-state index is 0.0607. The Hall–Kier alpha value is -0.640. The molecule has 14 fully saturated rings. The van der Waals surface area contributed by atoms with E-state index >= 15 is 0 Å². The van der Waals surface area contributed by atoms with E-state index in [2.05, 4.69) is 42.5 Å². The Bertz CT molecular complexity index is 1870. The van der Waals surface area contributed by atoms with Crippen LogP contribution in [0.15, 0.2) is 0 Å². The van der Waals surface area contributed by atoms with Gasteiger partial charge in [-0.3, -0.25) is 42.5 Å². The highest BCUT2D eigenvalue weighted by molar-refractivity contribution is 5.19. The van der Waals surface area contributed by atoms with Gasteiger partial charge in [0.15, 0.2) is 0 Å². The van der Waals surface area contributed by atoms with Gasteiger partial charge in [-0.1, -0.05) is 64.2 Å². The van der Waals surface area contributed by atoms with Crippen LogP contribution in [0.2, 0.25) is 0 Å². The lowest BCUT2D eigenvalue weighted by molar-refractivity contribution is -0.173. The first-order chi connectivity index (χ1) is 37.4. The molecule has 14 rings (SSSR count). The van der Waals surface area contributed by atoms with E-state index in [9.17, 15) is 0 Å². The molecule has 16 nitrogen and oxygen atoms in total. The van der Waals surface area contributed by atoms with Gasteiger partial charge in [0.25, 0.3) is 0 Å². The van der Waals surface area contributed by atoms with Crippen molar-refractivity contribution in [3.8, 4) is 0 Å². The van der Waals surface area contributed by atoms with Crippen molar-refractivity contribution in [3.05, 3.63) is 0 Å². The molecule has 14 aliphatic rings. The van der Waals surface area contributed by atoms with Gasteiger partial charge in [0, 0.05) is 104 Å². The van der Waals surface area contributed by atoms with Crippen LogP contribution in [0.3, 0.4) is 0 Å². The van der Waals surface area contributed by atoms with Gasteiger partial charge in [-0.05, 0) is 111 Å². The highest BCUT2D eigenvalue weighted by atomic mass is 16.5. The number of fused-ring (bicyclic) bond motifs is 25. The molecule has 8 bridgehead atoms. The van der Waals surface area contributed by atoms with Gasteiger partial charge in [-0.15, -0.1) is 0 Å². The largest absolute Gasteiger partial charge is 0.381 e. The summed E-state index contributed by atoms with van der Waals surface area (Å²) in [6.07, 6.45) is 22.7. The smallest absolute Gasteiger partial charge is 0.0663 e. The maximum absolute atomic E-state index is 7.05. The number of rotatable bonds is 8. The normalized spacial score (nSPS) is 58.1. The summed E-state index contributed by atoms with van der Waals surface area (Å²) in [5.74, 6) is 6.36. The molecule has 76 heavy (non-hydrogen) atoms. The highest BCUT2D eigenvalue weighted by Gasteiger charge is 2.68. The zero-order chi connectivity index (χ0) is 51.7. The highest BCUT2D eigenvalue weighted by Crippen LogP contribution is 2.59. The van der Waals surface area contributed by atoms with Crippen molar-refractivity contribution >= 4 is 0 Å². The lowest BCUT2D eigenvalue weighted by atomic mass is 9.54. The van der Waals surface area contributed by atoms with E-state index in [1.165, 1.54) is 116 Å². The van der Waals surface area contributed by atoms with Crippen LogP contribution in [0.5, 0.6) is 0 Å².